The number of aryl methyl sites for hydroxylation is 1. The molecule has 2 saturated heterocycles. The summed E-state index contributed by atoms with van der Waals surface area (Å²) in [6.45, 7) is 1.95. The molecule has 26 heavy (non-hydrogen) atoms. The van der Waals surface area contributed by atoms with Crippen LogP contribution in [0.2, 0.25) is 0 Å². The largest absolute Gasteiger partial charge is 0.479 e. The van der Waals surface area contributed by atoms with Gasteiger partial charge in [0.25, 0.3) is 0 Å². The number of carbonyl (C=O) groups excluding carboxylic acids is 1. The van der Waals surface area contributed by atoms with Crippen LogP contribution in [0.4, 0.5) is 14.9 Å². The second-order valence-corrected chi connectivity index (χ2v) is 7.06. The molecular weight excluding hydrogens is 333 g/mol. The van der Waals surface area contributed by atoms with Gasteiger partial charge in [-0.25, -0.2) is 14.2 Å². The van der Waals surface area contributed by atoms with Crippen molar-refractivity contribution >= 4 is 11.7 Å². The zero-order valence-corrected chi connectivity index (χ0v) is 15.0. The van der Waals surface area contributed by atoms with Gasteiger partial charge >= 0.3 is 6.03 Å². The number of anilines is 1. The molecule has 0 radical (unpaired) electrons. The van der Waals surface area contributed by atoms with Crippen LogP contribution in [0, 0.1) is 12.7 Å². The molecule has 2 aliphatic heterocycles. The van der Waals surface area contributed by atoms with E-state index in [9.17, 15) is 9.18 Å². The highest BCUT2D eigenvalue weighted by atomic mass is 19.1. The molecule has 2 fully saturated rings. The number of benzene rings is 1. The number of methoxy groups -OCH3 is 1. The average Bonchev–Trinajstić information content (AvgIpc) is 2.63. The zero-order valence-electron chi connectivity index (χ0n) is 15.0. The fraction of sp³-hybridized carbons (Fsp3) is 0.400. The Morgan fingerprint density at radius 1 is 1.31 bits per heavy atom. The van der Waals surface area contributed by atoms with E-state index in [1.165, 1.54) is 19.6 Å². The fourth-order valence-corrected chi connectivity index (χ4v) is 4.06. The lowest BCUT2D eigenvalue weighted by Gasteiger charge is -2.52. The molecule has 2 amide bonds. The summed E-state index contributed by atoms with van der Waals surface area (Å²) >= 11 is 0. The number of amides is 2. The maximum absolute atomic E-state index is 14.0. The molecule has 1 aromatic carbocycles. The molecule has 2 bridgehead atoms. The van der Waals surface area contributed by atoms with Gasteiger partial charge in [0.2, 0.25) is 5.88 Å². The van der Waals surface area contributed by atoms with Gasteiger partial charge in [-0.2, -0.15) is 0 Å². The molecule has 1 N–H and O–H groups in total. The maximum Gasteiger partial charge on any atom is 0.322 e. The van der Waals surface area contributed by atoms with Gasteiger partial charge in [-0.3, -0.25) is 0 Å². The molecule has 2 unspecified atom stereocenters. The molecule has 5 nitrogen and oxygen atoms in total. The van der Waals surface area contributed by atoms with Crippen LogP contribution in [-0.2, 0) is 0 Å². The monoisotopic (exact) mass is 355 g/mol. The van der Waals surface area contributed by atoms with E-state index in [4.69, 9.17) is 4.74 Å². The quantitative estimate of drug-likeness (QED) is 0.890. The van der Waals surface area contributed by atoms with Gasteiger partial charge in [-0.15, -0.1) is 0 Å². The van der Waals surface area contributed by atoms with Crippen LogP contribution in [0.3, 0.4) is 0 Å². The molecule has 4 rings (SSSR count). The first-order chi connectivity index (χ1) is 12.6. The van der Waals surface area contributed by atoms with Crippen molar-refractivity contribution in [2.24, 2.45) is 0 Å². The smallest absolute Gasteiger partial charge is 0.322 e. The van der Waals surface area contributed by atoms with Crippen LogP contribution < -0.4 is 10.1 Å². The van der Waals surface area contributed by atoms with Crippen molar-refractivity contribution < 1.29 is 13.9 Å². The Labute approximate surface area is 152 Å². The Balaban J connectivity index is 1.56. The normalized spacial score (nSPS) is 21.1. The first-order valence-electron chi connectivity index (χ1n) is 8.96. The van der Waals surface area contributed by atoms with Crippen molar-refractivity contribution in [1.82, 2.24) is 9.88 Å². The highest BCUT2D eigenvalue weighted by Crippen LogP contribution is 2.38. The number of pyridine rings is 1. The number of nitrogens with one attached hydrogen (secondary N) is 1. The minimum Gasteiger partial charge on any atom is -0.479 e. The van der Waals surface area contributed by atoms with Gasteiger partial charge in [0.05, 0.1) is 7.11 Å². The summed E-state index contributed by atoms with van der Waals surface area (Å²) < 4.78 is 18.9. The summed E-state index contributed by atoms with van der Waals surface area (Å²) in [6.07, 6.45) is 6.11. The number of rotatable bonds is 3. The molecular formula is C20H22FN3O2. The van der Waals surface area contributed by atoms with Gasteiger partial charge in [0.15, 0.2) is 5.82 Å². The predicted octanol–water partition coefficient (Wildman–Crippen LogP) is 4.36. The lowest BCUT2D eigenvalue weighted by molar-refractivity contribution is 0.0173. The maximum atomic E-state index is 14.0. The van der Waals surface area contributed by atoms with Crippen LogP contribution in [-0.4, -0.2) is 35.1 Å². The molecule has 2 aromatic rings. The summed E-state index contributed by atoms with van der Waals surface area (Å²) in [6, 6.07) is 7.80. The lowest BCUT2D eigenvalue weighted by atomic mass is 9.80. The van der Waals surface area contributed by atoms with Crippen LogP contribution in [0.1, 0.15) is 31.2 Å². The summed E-state index contributed by atoms with van der Waals surface area (Å²) in [7, 11) is 1.39. The van der Waals surface area contributed by atoms with E-state index in [0.29, 0.717) is 23.3 Å². The molecule has 136 valence electrons. The molecule has 2 atom stereocenters. The Kier molecular flexibility index (Phi) is 4.26. The van der Waals surface area contributed by atoms with Gasteiger partial charge in [-0.1, -0.05) is 6.07 Å². The van der Waals surface area contributed by atoms with Crippen molar-refractivity contribution in [3.8, 4) is 17.0 Å². The standard InChI is InChI=1S/C20H22FN3O2/c1-12-6-7-14(23-20(25)24-15-4-3-5-16(24)10-15)9-17(12)13-8-18(21)19(26-2)22-11-13/h6-9,11,15-16H,3-5,10H2,1-2H3,(H,23,25). The summed E-state index contributed by atoms with van der Waals surface area (Å²) in [5.41, 5.74) is 3.17. The minimum atomic E-state index is -0.507. The topological polar surface area (TPSA) is 54.5 Å². The number of urea groups is 1. The van der Waals surface area contributed by atoms with Gasteiger partial charge in [-0.05, 0) is 61.9 Å². The third kappa shape index (κ3) is 2.89. The number of halogens is 1. The van der Waals surface area contributed by atoms with Gasteiger partial charge in [0, 0.05) is 29.5 Å². The Bertz CT molecular complexity index is 841. The predicted molar refractivity (Wildman–Crippen MR) is 97.8 cm³/mol. The zero-order chi connectivity index (χ0) is 18.3. The Morgan fingerprint density at radius 2 is 2.08 bits per heavy atom. The summed E-state index contributed by atoms with van der Waals surface area (Å²) in [4.78, 5) is 18.6. The highest BCUT2D eigenvalue weighted by molar-refractivity contribution is 5.91. The molecule has 1 aromatic heterocycles. The average molecular weight is 355 g/mol. The SMILES string of the molecule is COc1ncc(-c2cc(NC(=O)N3C4CCCC3C4)ccc2C)cc1F. The van der Waals surface area contributed by atoms with Crippen molar-refractivity contribution in [2.45, 2.75) is 44.7 Å². The second-order valence-electron chi connectivity index (χ2n) is 7.06. The molecule has 0 saturated carbocycles. The number of fused-ring (bicyclic) bond motifs is 2. The van der Waals surface area contributed by atoms with Crippen molar-refractivity contribution in [1.29, 1.82) is 0 Å². The number of aromatic nitrogens is 1. The third-order valence-corrected chi connectivity index (χ3v) is 5.44. The second kappa shape index (κ2) is 6.59. The number of nitrogens with zero attached hydrogens (tertiary/aromatic N) is 2. The van der Waals surface area contributed by atoms with Gasteiger partial charge < -0.3 is 15.0 Å². The first-order valence-corrected chi connectivity index (χ1v) is 8.96. The number of ether oxygens (including phenoxy) is 1. The molecule has 2 aliphatic rings. The number of carbonyl (C=O) groups is 1. The van der Waals surface area contributed by atoms with Gasteiger partial charge in [0.1, 0.15) is 0 Å². The van der Waals surface area contributed by atoms with Crippen LogP contribution in [0.5, 0.6) is 5.88 Å². The van der Waals surface area contributed by atoms with E-state index in [1.54, 1.807) is 6.20 Å². The fourth-order valence-electron chi connectivity index (χ4n) is 4.06. The molecule has 6 heteroatoms. The van der Waals surface area contributed by atoms with E-state index in [1.807, 2.05) is 30.0 Å². The van der Waals surface area contributed by atoms with Crippen LogP contribution in [0.15, 0.2) is 30.5 Å². The Hall–Kier alpha value is -2.63. The minimum absolute atomic E-state index is 0.0276. The molecule has 0 spiro atoms. The van der Waals surface area contributed by atoms with Crippen molar-refractivity contribution in [3.63, 3.8) is 0 Å². The molecule has 0 aliphatic carbocycles. The summed E-state index contributed by atoms with van der Waals surface area (Å²) in [5, 5.41) is 3.00. The highest BCUT2D eigenvalue weighted by Gasteiger charge is 2.44. The number of hydrogen-bond acceptors (Lipinski definition) is 3. The van der Waals surface area contributed by atoms with E-state index >= 15 is 0 Å². The Morgan fingerprint density at radius 3 is 2.73 bits per heavy atom. The first kappa shape index (κ1) is 16.8. The van der Waals surface area contributed by atoms with E-state index in [-0.39, 0.29) is 11.9 Å². The van der Waals surface area contributed by atoms with E-state index < -0.39 is 5.82 Å². The number of piperidine rings is 1. The van der Waals surface area contributed by atoms with E-state index in [2.05, 4.69) is 10.3 Å². The van der Waals surface area contributed by atoms with Crippen molar-refractivity contribution in [2.75, 3.05) is 12.4 Å². The van der Waals surface area contributed by atoms with E-state index in [0.717, 1.165) is 30.4 Å². The van der Waals surface area contributed by atoms with Crippen molar-refractivity contribution in [3.05, 3.63) is 41.8 Å². The number of hydrogen-bond donors (Lipinski definition) is 1. The third-order valence-electron chi connectivity index (χ3n) is 5.44. The molecule has 3 heterocycles. The summed E-state index contributed by atoms with van der Waals surface area (Å²) in [5.74, 6) is -0.535. The van der Waals surface area contributed by atoms with Crippen LogP contribution >= 0.6 is 0 Å². The lowest BCUT2D eigenvalue weighted by Crippen LogP contribution is -2.62. The van der Waals surface area contributed by atoms with Crippen LogP contribution in [0.25, 0.3) is 11.1 Å².